The summed E-state index contributed by atoms with van der Waals surface area (Å²) in [5.74, 6) is 0.947. The maximum Gasteiger partial charge on any atom is 0.314 e. The van der Waals surface area contributed by atoms with Crippen LogP contribution in [0.4, 0.5) is 4.39 Å². The molecule has 130 valence electrons. The number of aromatic nitrogens is 1. The predicted molar refractivity (Wildman–Crippen MR) is 93.6 cm³/mol. The summed E-state index contributed by atoms with van der Waals surface area (Å²) < 4.78 is 24.2. The molecule has 4 rings (SSSR count). The van der Waals surface area contributed by atoms with E-state index in [1.165, 1.54) is 12.1 Å². The quantitative estimate of drug-likeness (QED) is 0.494. The number of nitrogens with zero attached hydrogens (tertiary/aromatic N) is 1. The van der Waals surface area contributed by atoms with Crippen LogP contribution in [0.3, 0.4) is 0 Å². The van der Waals surface area contributed by atoms with Crippen LogP contribution in [0.15, 0.2) is 73.1 Å². The van der Waals surface area contributed by atoms with Crippen LogP contribution in [-0.4, -0.2) is 11.0 Å². The van der Waals surface area contributed by atoms with E-state index >= 15 is 0 Å². The van der Waals surface area contributed by atoms with Gasteiger partial charge in [0.25, 0.3) is 0 Å². The third kappa shape index (κ3) is 3.72. The number of halogens is 1. The van der Waals surface area contributed by atoms with Gasteiger partial charge in [-0.3, -0.25) is 9.78 Å². The molecule has 0 bridgehead atoms. The number of pyridine rings is 1. The van der Waals surface area contributed by atoms with Crippen LogP contribution >= 0.6 is 0 Å². The molecule has 0 aliphatic heterocycles. The van der Waals surface area contributed by atoms with Crippen molar-refractivity contribution < 1.29 is 18.7 Å². The molecule has 0 N–H and O–H groups in total. The van der Waals surface area contributed by atoms with Crippen molar-refractivity contribution in [1.29, 1.82) is 0 Å². The fourth-order valence-electron chi connectivity index (χ4n) is 2.87. The molecule has 3 aromatic rings. The van der Waals surface area contributed by atoms with Crippen LogP contribution in [0.25, 0.3) is 0 Å². The topological polar surface area (TPSA) is 48.4 Å². The lowest BCUT2D eigenvalue weighted by molar-refractivity contribution is -0.135. The first-order chi connectivity index (χ1) is 12.7. The molecule has 1 fully saturated rings. The summed E-state index contributed by atoms with van der Waals surface area (Å²) in [5, 5.41) is 0. The first-order valence-corrected chi connectivity index (χ1v) is 8.34. The zero-order valence-corrected chi connectivity index (χ0v) is 13.8. The molecule has 0 spiro atoms. The van der Waals surface area contributed by atoms with E-state index in [-0.39, 0.29) is 23.6 Å². The Balaban J connectivity index is 1.39. The highest BCUT2D eigenvalue weighted by Crippen LogP contribution is 2.48. The van der Waals surface area contributed by atoms with E-state index in [0.717, 1.165) is 12.0 Å². The van der Waals surface area contributed by atoms with Crippen molar-refractivity contribution in [2.24, 2.45) is 5.92 Å². The summed E-state index contributed by atoms with van der Waals surface area (Å²) in [6.07, 6.45) is 3.99. The summed E-state index contributed by atoms with van der Waals surface area (Å²) in [5.41, 5.74) is 0.960. The number of rotatable bonds is 5. The number of esters is 1. The second-order valence-electron chi connectivity index (χ2n) is 6.19. The third-order valence-electron chi connectivity index (χ3n) is 4.29. The molecule has 1 aliphatic rings. The van der Waals surface area contributed by atoms with E-state index < -0.39 is 0 Å². The predicted octanol–water partition coefficient (Wildman–Crippen LogP) is 4.72. The van der Waals surface area contributed by atoms with Gasteiger partial charge < -0.3 is 9.47 Å². The number of carbonyl (C=O) groups is 1. The van der Waals surface area contributed by atoms with Crippen LogP contribution in [0.1, 0.15) is 17.9 Å². The standard InChI is InChI=1S/C21H16FNO3/c22-15-8-6-14(7-9-15)19-12-20(19)21(24)26-17-4-1-3-16(11-17)25-18-5-2-10-23-13-18/h1-11,13,19-20H,12H2/t19-,20-/m1/s1. The molecule has 4 nitrogen and oxygen atoms in total. The Bertz CT molecular complexity index is 912. The molecule has 1 aromatic heterocycles. The van der Waals surface area contributed by atoms with Gasteiger partial charge in [0.15, 0.2) is 0 Å². The SMILES string of the molecule is O=C(Oc1cccc(Oc2cccnc2)c1)[C@@H]1C[C@@H]1c1ccc(F)cc1. The number of ether oxygens (including phenoxy) is 2. The van der Waals surface area contributed by atoms with Crippen LogP contribution in [0.5, 0.6) is 17.2 Å². The van der Waals surface area contributed by atoms with Gasteiger partial charge in [-0.25, -0.2) is 4.39 Å². The first-order valence-electron chi connectivity index (χ1n) is 8.34. The van der Waals surface area contributed by atoms with E-state index in [9.17, 15) is 9.18 Å². The van der Waals surface area contributed by atoms with Crippen LogP contribution in [-0.2, 0) is 4.79 Å². The molecule has 5 heteroatoms. The summed E-state index contributed by atoms with van der Waals surface area (Å²) in [6, 6.07) is 16.8. The van der Waals surface area contributed by atoms with Crippen molar-refractivity contribution in [3.63, 3.8) is 0 Å². The smallest absolute Gasteiger partial charge is 0.314 e. The summed E-state index contributed by atoms with van der Waals surface area (Å²) in [7, 11) is 0. The molecular weight excluding hydrogens is 333 g/mol. The average Bonchev–Trinajstić information content (AvgIpc) is 3.44. The molecule has 0 amide bonds. The van der Waals surface area contributed by atoms with Gasteiger partial charge in [0.05, 0.1) is 12.1 Å². The molecule has 0 unspecified atom stereocenters. The minimum atomic E-state index is -0.280. The lowest BCUT2D eigenvalue weighted by atomic mass is 10.1. The Kier molecular flexibility index (Phi) is 4.35. The molecule has 26 heavy (non-hydrogen) atoms. The number of hydrogen-bond donors (Lipinski definition) is 0. The highest BCUT2D eigenvalue weighted by Gasteiger charge is 2.45. The third-order valence-corrected chi connectivity index (χ3v) is 4.29. The highest BCUT2D eigenvalue weighted by atomic mass is 19.1. The van der Waals surface area contributed by atoms with Gasteiger partial charge >= 0.3 is 5.97 Å². The van der Waals surface area contributed by atoms with Crippen molar-refractivity contribution >= 4 is 5.97 Å². The van der Waals surface area contributed by atoms with Crippen molar-refractivity contribution in [3.05, 3.63) is 84.4 Å². The average molecular weight is 349 g/mol. The van der Waals surface area contributed by atoms with E-state index in [1.54, 1.807) is 60.9 Å². The van der Waals surface area contributed by atoms with Crippen LogP contribution in [0, 0.1) is 11.7 Å². The van der Waals surface area contributed by atoms with Crippen LogP contribution < -0.4 is 9.47 Å². The Morgan fingerprint density at radius 1 is 1.00 bits per heavy atom. The number of benzene rings is 2. The molecular formula is C21H16FNO3. The molecule has 1 heterocycles. The largest absolute Gasteiger partial charge is 0.456 e. The normalized spacial score (nSPS) is 18.2. The zero-order chi connectivity index (χ0) is 17.9. The maximum absolute atomic E-state index is 13.0. The summed E-state index contributed by atoms with van der Waals surface area (Å²) >= 11 is 0. The van der Waals surface area contributed by atoms with E-state index in [4.69, 9.17) is 9.47 Å². The van der Waals surface area contributed by atoms with Crippen molar-refractivity contribution in [3.8, 4) is 17.2 Å². The maximum atomic E-state index is 13.0. The summed E-state index contributed by atoms with van der Waals surface area (Å²) in [6.45, 7) is 0. The first kappa shape index (κ1) is 16.3. The second kappa shape index (κ2) is 6.96. The lowest BCUT2D eigenvalue weighted by Crippen LogP contribution is -2.11. The minimum Gasteiger partial charge on any atom is -0.456 e. The second-order valence-corrected chi connectivity index (χ2v) is 6.19. The Morgan fingerprint density at radius 2 is 1.77 bits per heavy atom. The minimum absolute atomic E-state index is 0.0953. The zero-order valence-electron chi connectivity index (χ0n) is 13.8. The molecule has 1 aliphatic carbocycles. The van der Waals surface area contributed by atoms with E-state index in [0.29, 0.717) is 17.2 Å². The summed E-state index contributed by atoms with van der Waals surface area (Å²) in [4.78, 5) is 16.3. The van der Waals surface area contributed by atoms with Crippen LogP contribution in [0.2, 0.25) is 0 Å². The molecule has 2 aromatic carbocycles. The number of carbonyl (C=O) groups excluding carboxylic acids is 1. The lowest BCUT2D eigenvalue weighted by Gasteiger charge is -2.08. The molecule has 1 saturated carbocycles. The van der Waals surface area contributed by atoms with Gasteiger partial charge in [-0.2, -0.15) is 0 Å². The van der Waals surface area contributed by atoms with Gasteiger partial charge in [0, 0.05) is 12.3 Å². The molecule has 2 atom stereocenters. The van der Waals surface area contributed by atoms with Gasteiger partial charge in [0.2, 0.25) is 0 Å². The highest BCUT2D eigenvalue weighted by molar-refractivity contribution is 5.79. The Labute approximate surface area is 150 Å². The van der Waals surface area contributed by atoms with Gasteiger partial charge in [-0.05, 0) is 54.3 Å². The number of hydrogen-bond acceptors (Lipinski definition) is 4. The van der Waals surface area contributed by atoms with Gasteiger partial charge in [0.1, 0.15) is 23.1 Å². The fraction of sp³-hybridized carbons (Fsp3) is 0.143. The van der Waals surface area contributed by atoms with E-state index in [1.807, 2.05) is 0 Å². The fourth-order valence-corrected chi connectivity index (χ4v) is 2.87. The molecule has 0 saturated heterocycles. The van der Waals surface area contributed by atoms with Crippen molar-refractivity contribution in [1.82, 2.24) is 4.98 Å². The molecule has 0 radical (unpaired) electrons. The Morgan fingerprint density at radius 3 is 2.54 bits per heavy atom. The van der Waals surface area contributed by atoms with Crippen molar-refractivity contribution in [2.45, 2.75) is 12.3 Å². The van der Waals surface area contributed by atoms with E-state index in [2.05, 4.69) is 4.98 Å². The van der Waals surface area contributed by atoms with Gasteiger partial charge in [-0.15, -0.1) is 0 Å². The van der Waals surface area contributed by atoms with Gasteiger partial charge in [-0.1, -0.05) is 18.2 Å². The monoisotopic (exact) mass is 349 g/mol. The van der Waals surface area contributed by atoms with Crippen molar-refractivity contribution in [2.75, 3.05) is 0 Å². The Hall–Kier alpha value is -3.21.